The molecule has 2 rings (SSSR count). The van der Waals surface area contributed by atoms with Gasteiger partial charge in [0.15, 0.2) is 0 Å². The Hall–Kier alpha value is -0.860. The third kappa shape index (κ3) is 2.32. The van der Waals surface area contributed by atoms with Crippen molar-refractivity contribution < 1.29 is 13.5 Å². The lowest BCUT2D eigenvalue weighted by Gasteiger charge is -2.08. The van der Waals surface area contributed by atoms with E-state index in [4.69, 9.17) is 5.11 Å². The number of aliphatic hydroxyl groups excluding tert-OH is 1. The van der Waals surface area contributed by atoms with Crippen molar-refractivity contribution in [1.29, 1.82) is 0 Å². The molecule has 1 heterocycles. The molecule has 0 saturated carbocycles. The molecule has 4 nitrogen and oxygen atoms in total. The summed E-state index contributed by atoms with van der Waals surface area (Å²) in [5.74, 6) is 0. The Balaban J connectivity index is 2.54. The zero-order chi connectivity index (χ0) is 13.3. The van der Waals surface area contributed by atoms with Gasteiger partial charge in [-0.15, -0.1) is 0 Å². The van der Waals surface area contributed by atoms with Crippen LogP contribution in [0.4, 0.5) is 0 Å². The maximum Gasteiger partial charge on any atom is 0.268 e. The van der Waals surface area contributed by atoms with Gasteiger partial charge in [-0.2, -0.15) is 0 Å². The SMILES string of the molecule is Cc1ccc(S(=O)(=O)n2ccc(CO)c2I)cc1. The predicted octanol–water partition coefficient (Wildman–Crippen LogP) is 2.13. The zero-order valence-electron chi connectivity index (χ0n) is 9.67. The van der Waals surface area contributed by atoms with Gasteiger partial charge in [0.1, 0.15) is 3.70 Å². The molecule has 1 aromatic carbocycles. The van der Waals surface area contributed by atoms with E-state index in [2.05, 4.69) is 0 Å². The van der Waals surface area contributed by atoms with Gasteiger partial charge >= 0.3 is 0 Å². The molecule has 0 aliphatic rings. The highest BCUT2D eigenvalue weighted by Gasteiger charge is 2.20. The molecule has 0 aliphatic heterocycles. The van der Waals surface area contributed by atoms with E-state index < -0.39 is 10.0 Å². The van der Waals surface area contributed by atoms with Crippen molar-refractivity contribution in [3.05, 3.63) is 51.4 Å². The number of aliphatic hydroxyl groups is 1. The maximum absolute atomic E-state index is 12.4. The van der Waals surface area contributed by atoms with Crippen LogP contribution in [-0.4, -0.2) is 17.5 Å². The lowest BCUT2D eigenvalue weighted by molar-refractivity contribution is 0.281. The van der Waals surface area contributed by atoms with Gasteiger partial charge in [0.05, 0.1) is 11.5 Å². The molecule has 0 unspecified atom stereocenters. The monoisotopic (exact) mass is 377 g/mol. The van der Waals surface area contributed by atoms with E-state index in [1.165, 1.54) is 10.2 Å². The zero-order valence-corrected chi connectivity index (χ0v) is 12.6. The second-order valence-electron chi connectivity index (χ2n) is 3.90. The Kier molecular flexibility index (Phi) is 3.79. The minimum atomic E-state index is -3.58. The Morgan fingerprint density at radius 3 is 2.33 bits per heavy atom. The highest BCUT2D eigenvalue weighted by atomic mass is 127. The van der Waals surface area contributed by atoms with Crippen molar-refractivity contribution in [2.45, 2.75) is 18.4 Å². The van der Waals surface area contributed by atoms with Crippen LogP contribution in [0.2, 0.25) is 0 Å². The Bertz CT molecular complexity index is 659. The van der Waals surface area contributed by atoms with Gasteiger partial charge in [0.2, 0.25) is 0 Å². The van der Waals surface area contributed by atoms with Crippen LogP contribution in [0.1, 0.15) is 11.1 Å². The van der Waals surface area contributed by atoms with E-state index in [1.54, 1.807) is 30.3 Å². The quantitative estimate of drug-likeness (QED) is 0.834. The Morgan fingerprint density at radius 2 is 1.83 bits per heavy atom. The predicted molar refractivity (Wildman–Crippen MR) is 76.8 cm³/mol. The van der Waals surface area contributed by atoms with Gasteiger partial charge in [-0.1, -0.05) is 17.7 Å². The summed E-state index contributed by atoms with van der Waals surface area (Å²) in [4.78, 5) is 0.242. The molecule has 0 atom stereocenters. The molecule has 96 valence electrons. The molecular weight excluding hydrogens is 365 g/mol. The Morgan fingerprint density at radius 1 is 1.22 bits per heavy atom. The van der Waals surface area contributed by atoms with Crippen molar-refractivity contribution >= 4 is 32.6 Å². The summed E-state index contributed by atoms with van der Waals surface area (Å²) in [6.07, 6.45) is 1.46. The number of halogens is 1. The number of nitrogens with zero attached hydrogens (tertiary/aromatic N) is 1. The van der Waals surface area contributed by atoms with Crippen LogP contribution in [-0.2, 0) is 16.6 Å². The molecule has 0 radical (unpaired) electrons. The summed E-state index contributed by atoms with van der Waals surface area (Å²) >= 11 is 1.92. The van der Waals surface area contributed by atoms with Crippen LogP contribution in [0.3, 0.4) is 0 Å². The first-order valence-corrected chi connectivity index (χ1v) is 7.77. The lowest BCUT2D eigenvalue weighted by atomic mass is 10.2. The molecule has 6 heteroatoms. The number of hydrogen-bond donors (Lipinski definition) is 1. The first kappa shape index (κ1) is 13.6. The van der Waals surface area contributed by atoms with Gasteiger partial charge < -0.3 is 5.11 Å². The maximum atomic E-state index is 12.4. The lowest BCUT2D eigenvalue weighted by Crippen LogP contribution is -2.14. The minimum absolute atomic E-state index is 0.172. The fraction of sp³-hybridized carbons (Fsp3) is 0.167. The molecule has 1 N–H and O–H groups in total. The normalized spacial score (nSPS) is 11.7. The van der Waals surface area contributed by atoms with Gasteiger partial charge in [-0.3, -0.25) is 0 Å². The third-order valence-corrected chi connectivity index (χ3v) is 5.85. The van der Waals surface area contributed by atoms with E-state index in [0.29, 0.717) is 9.26 Å². The van der Waals surface area contributed by atoms with Gasteiger partial charge in [0, 0.05) is 11.8 Å². The minimum Gasteiger partial charge on any atom is -0.392 e. The average Bonchev–Trinajstić information content (AvgIpc) is 2.71. The largest absolute Gasteiger partial charge is 0.392 e. The molecule has 0 bridgehead atoms. The van der Waals surface area contributed by atoms with Crippen molar-refractivity contribution in [1.82, 2.24) is 3.97 Å². The summed E-state index contributed by atoms with van der Waals surface area (Å²) in [7, 11) is -3.58. The average molecular weight is 377 g/mol. The number of benzene rings is 1. The Labute approximate surface area is 119 Å². The van der Waals surface area contributed by atoms with Crippen molar-refractivity contribution in [2.75, 3.05) is 0 Å². The topological polar surface area (TPSA) is 59.3 Å². The van der Waals surface area contributed by atoms with E-state index in [0.717, 1.165) is 5.56 Å². The van der Waals surface area contributed by atoms with Crippen LogP contribution in [0.25, 0.3) is 0 Å². The molecule has 0 saturated heterocycles. The van der Waals surface area contributed by atoms with Gasteiger partial charge in [-0.05, 0) is 47.7 Å². The fourth-order valence-electron chi connectivity index (χ4n) is 1.56. The summed E-state index contributed by atoms with van der Waals surface area (Å²) in [5, 5.41) is 9.09. The van der Waals surface area contributed by atoms with E-state index >= 15 is 0 Å². The first-order valence-electron chi connectivity index (χ1n) is 5.25. The number of rotatable bonds is 3. The molecule has 2 aromatic rings. The van der Waals surface area contributed by atoms with Crippen molar-refractivity contribution in [3.63, 3.8) is 0 Å². The van der Waals surface area contributed by atoms with Crippen molar-refractivity contribution in [3.8, 4) is 0 Å². The van der Waals surface area contributed by atoms with Crippen LogP contribution in [0, 0.1) is 10.6 Å². The molecule has 0 aliphatic carbocycles. The summed E-state index contributed by atoms with van der Waals surface area (Å²) < 4.78 is 26.4. The molecular formula is C12H12INO3S. The molecule has 0 amide bonds. The standard InChI is InChI=1S/C12H12INO3S/c1-9-2-4-11(5-3-9)18(16,17)14-7-6-10(8-15)12(14)13/h2-7,15H,8H2,1H3. The van der Waals surface area contributed by atoms with Gasteiger partial charge in [-0.25, -0.2) is 12.4 Å². The second kappa shape index (κ2) is 5.02. The van der Waals surface area contributed by atoms with Crippen LogP contribution >= 0.6 is 22.6 Å². The van der Waals surface area contributed by atoms with E-state index in [1.807, 2.05) is 29.5 Å². The molecule has 18 heavy (non-hydrogen) atoms. The second-order valence-corrected chi connectivity index (χ2v) is 6.74. The molecule has 0 fully saturated rings. The molecule has 0 spiro atoms. The number of aryl methyl sites for hydroxylation is 1. The number of hydrogen-bond acceptors (Lipinski definition) is 3. The molecule has 1 aromatic heterocycles. The van der Waals surface area contributed by atoms with Crippen LogP contribution in [0.5, 0.6) is 0 Å². The third-order valence-electron chi connectivity index (χ3n) is 2.62. The van der Waals surface area contributed by atoms with Gasteiger partial charge in [0.25, 0.3) is 10.0 Å². The van der Waals surface area contributed by atoms with Crippen LogP contribution in [0.15, 0.2) is 41.4 Å². The van der Waals surface area contributed by atoms with Crippen LogP contribution < -0.4 is 0 Å². The highest BCUT2D eigenvalue weighted by molar-refractivity contribution is 14.1. The first-order chi connectivity index (χ1) is 8.46. The summed E-state index contributed by atoms with van der Waals surface area (Å²) in [6.45, 7) is 1.73. The van der Waals surface area contributed by atoms with E-state index in [9.17, 15) is 8.42 Å². The fourth-order valence-corrected chi connectivity index (χ4v) is 4.11. The smallest absolute Gasteiger partial charge is 0.268 e. The summed E-state index contributed by atoms with van der Waals surface area (Å²) in [5.41, 5.74) is 1.61. The number of aromatic nitrogens is 1. The highest BCUT2D eigenvalue weighted by Crippen LogP contribution is 2.21. The van der Waals surface area contributed by atoms with Crippen molar-refractivity contribution in [2.24, 2.45) is 0 Å². The summed E-state index contributed by atoms with van der Waals surface area (Å²) in [6, 6.07) is 8.29. The van der Waals surface area contributed by atoms with E-state index in [-0.39, 0.29) is 11.5 Å².